The predicted molar refractivity (Wildman–Crippen MR) is 67.4 cm³/mol. The summed E-state index contributed by atoms with van der Waals surface area (Å²) in [5, 5.41) is 11.0. The minimum absolute atomic E-state index is 0.143. The summed E-state index contributed by atoms with van der Waals surface area (Å²) in [7, 11) is -3.35. The maximum atomic E-state index is 12.9. The number of amides is 1. The van der Waals surface area contributed by atoms with Crippen molar-refractivity contribution in [3.8, 4) is 0 Å². The summed E-state index contributed by atoms with van der Waals surface area (Å²) < 4.78 is 34.9. The van der Waals surface area contributed by atoms with E-state index in [2.05, 4.69) is 10.3 Å². The van der Waals surface area contributed by atoms with Crippen molar-refractivity contribution >= 4 is 21.7 Å². The Labute approximate surface area is 114 Å². The van der Waals surface area contributed by atoms with Gasteiger partial charge in [0.1, 0.15) is 21.7 Å². The van der Waals surface area contributed by atoms with Crippen LogP contribution < -0.4 is 5.32 Å². The van der Waals surface area contributed by atoms with Gasteiger partial charge in [0.2, 0.25) is 0 Å². The van der Waals surface area contributed by atoms with E-state index in [0.717, 1.165) is 24.7 Å². The summed E-state index contributed by atoms with van der Waals surface area (Å²) in [5.41, 5.74) is -0.143. The number of aromatic nitrogens is 1. The maximum absolute atomic E-state index is 12.9. The van der Waals surface area contributed by atoms with Crippen LogP contribution in [0.3, 0.4) is 0 Å². The fourth-order valence-electron chi connectivity index (χ4n) is 1.37. The summed E-state index contributed by atoms with van der Waals surface area (Å²) >= 11 is 0. The number of carbonyl (C=O) groups excluding carboxylic acids is 1. The molecule has 2 N–H and O–H groups in total. The zero-order chi connectivity index (χ0) is 15.3. The highest BCUT2D eigenvalue weighted by atomic mass is 32.2. The van der Waals surface area contributed by atoms with Crippen LogP contribution in [-0.4, -0.2) is 48.4 Å². The molecular weight excluding hydrogens is 291 g/mol. The molecule has 0 fully saturated rings. The first kappa shape index (κ1) is 16.0. The van der Waals surface area contributed by atoms with Gasteiger partial charge in [-0.05, 0) is 12.5 Å². The second-order valence-corrected chi connectivity index (χ2v) is 6.43. The molecule has 1 atom stereocenters. The first-order valence-corrected chi connectivity index (χ1v) is 7.57. The molecule has 0 radical (unpaired) electrons. The van der Waals surface area contributed by atoms with Crippen molar-refractivity contribution in [3.63, 3.8) is 0 Å². The van der Waals surface area contributed by atoms with Gasteiger partial charge in [0.25, 0.3) is 5.91 Å². The molecule has 20 heavy (non-hydrogen) atoms. The SMILES string of the molecule is CS(=O)(=O)CCC(NC(=O)c1cncc(F)c1)C(=O)O. The molecule has 1 rings (SSSR count). The molecule has 0 saturated heterocycles. The molecule has 1 aromatic heterocycles. The number of carboxylic acid groups (broad SMARTS) is 1. The average Bonchev–Trinajstić information content (AvgIpc) is 2.32. The molecule has 0 spiro atoms. The summed E-state index contributed by atoms with van der Waals surface area (Å²) in [6, 6.07) is -0.474. The van der Waals surface area contributed by atoms with Gasteiger partial charge in [-0.2, -0.15) is 0 Å². The predicted octanol–water partition coefficient (Wildman–Crippen LogP) is -0.162. The van der Waals surface area contributed by atoms with Crippen molar-refractivity contribution in [1.82, 2.24) is 10.3 Å². The Bertz CT molecular complexity index is 617. The van der Waals surface area contributed by atoms with E-state index in [0.29, 0.717) is 0 Å². The van der Waals surface area contributed by atoms with Crippen molar-refractivity contribution in [2.45, 2.75) is 12.5 Å². The topological polar surface area (TPSA) is 113 Å². The van der Waals surface area contributed by atoms with E-state index in [4.69, 9.17) is 5.11 Å². The summed E-state index contributed by atoms with van der Waals surface area (Å²) in [6.45, 7) is 0. The van der Waals surface area contributed by atoms with Crippen LogP contribution in [0.4, 0.5) is 4.39 Å². The van der Waals surface area contributed by atoms with E-state index in [1.807, 2.05) is 0 Å². The Kier molecular flexibility index (Phi) is 5.14. The van der Waals surface area contributed by atoms with E-state index >= 15 is 0 Å². The van der Waals surface area contributed by atoms with Gasteiger partial charge in [0.05, 0.1) is 17.5 Å². The maximum Gasteiger partial charge on any atom is 0.326 e. The van der Waals surface area contributed by atoms with Crippen LogP contribution in [0.1, 0.15) is 16.8 Å². The molecule has 9 heteroatoms. The summed E-state index contributed by atoms with van der Waals surface area (Å²) in [5.74, 6) is -3.32. The fraction of sp³-hybridized carbons (Fsp3) is 0.364. The number of rotatable bonds is 6. The first-order valence-electron chi connectivity index (χ1n) is 5.51. The Balaban J connectivity index is 2.75. The van der Waals surface area contributed by atoms with E-state index in [9.17, 15) is 22.4 Å². The molecule has 1 heterocycles. The largest absolute Gasteiger partial charge is 0.480 e. The molecule has 110 valence electrons. The number of carboxylic acids is 1. The van der Waals surface area contributed by atoms with E-state index in [-0.39, 0.29) is 17.7 Å². The number of hydrogen-bond acceptors (Lipinski definition) is 5. The normalized spacial score (nSPS) is 12.7. The quantitative estimate of drug-likeness (QED) is 0.755. The molecular formula is C11H13FN2O5S. The number of carbonyl (C=O) groups is 2. The van der Waals surface area contributed by atoms with E-state index in [1.54, 1.807) is 0 Å². The number of nitrogens with one attached hydrogen (secondary N) is 1. The highest BCUT2D eigenvalue weighted by Crippen LogP contribution is 2.03. The smallest absolute Gasteiger partial charge is 0.326 e. The molecule has 1 unspecified atom stereocenters. The van der Waals surface area contributed by atoms with Gasteiger partial charge in [0.15, 0.2) is 0 Å². The Morgan fingerprint density at radius 3 is 2.60 bits per heavy atom. The van der Waals surface area contributed by atoms with Gasteiger partial charge in [0, 0.05) is 12.5 Å². The molecule has 1 aromatic rings. The van der Waals surface area contributed by atoms with Gasteiger partial charge in [-0.1, -0.05) is 0 Å². The monoisotopic (exact) mass is 304 g/mol. The van der Waals surface area contributed by atoms with Gasteiger partial charge in [-0.15, -0.1) is 0 Å². The van der Waals surface area contributed by atoms with Crippen LogP contribution in [0.5, 0.6) is 0 Å². The van der Waals surface area contributed by atoms with Crippen LogP contribution >= 0.6 is 0 Å². The van der Waals surface area contributed by atoms with Crippen LogP contribution in [0, 0.1) is 5.82 Å². The van der Waals surface area contributed by atoms with Crippen LogP contribution in [0.2, 0.25) is 0 Å². The van der Waals surface area contributed by atoms with E-state index in [1.165, 1.54) is 0 Å². The van der Waals surface area contributed by atoms with Gasteiger partial charge in [-0.3, -0.25) is 9.78 Å². The van der Waals surface area contributed by atoms with Crippen LogP contribution in [0.25, 0.3) is 0 Å². The molecule has 0 saturated carbocycles. The van der Waals surface area contributed by atoms with Crippen LogP contribution in [-0.2, 0) is 14.6 Å². The number of sulfone groups is 1. The van der Waals surface area contributed by atoms with Gasteiger partial charge in [-0.25, -0.2) is 17.6 Å². The molecule has 1 amide bonds. The lowest BCUT2D eigenvalue weighted by atomic mass is 10.2. The average molecular weight is 304 g/mol. The standard InChI is InChI=1S/C11H13FN2O5S/c1-20(18,19)3-2-9(11(16)17)14-10(15)7-4-8(12)6-13-5-7/h4-6,9H,2-3H2,1H3,(H,14,15)(H,16,17). The number of hydrogen-bond donors (Lipinski definition) is 2. The Hall–Kier alpha value is -2.03. The molecule has 0 aromatic carbocycles. The third-order valence-electron chi connectivity index (χ3n) is 2.35. The second-order valence-electron chi connectivity index (χ2n) is 4.17. The lowest BCUT2D eigenvalue weighted by Crippen LogP contribution is -2.42. The van der Waals surface area contributed by atoms with Crippen molar-refractivity contribution in [2.75, 3.05) is 12.0 Å². The Morgan fingerprint density at radius 1 is 1.45 bits per heavy atom. The number of halogens is 1. The number of aliphatic carboxylic acids is 1. The van der Waals surface area contributed by atoms with Crippen molar-refractivity contribution in [3.05, 3.63) is 29.8 Å². The zero-order valence-electron chi connectivity index (χ0n) is 10.5. The Morgan fingerprint density at radius 2 is 2.10 bits per heavy atom. The van der Waals surface area contributed by atoms with Crippen molar-refractivity contribution < 1.29 is 27.5 Å². The number of nitrogens with zero attached hydrogens (tertiary/aromatic N) is 1. The van der Waals surface area contributed by atoms with E-state index < -0.39 is 33.6 Å². The fourth-order valence-corrected chi connectivity index (χ4v) is 2.03. The third kappa shape index (κ3) is 5.31. The van der Waals surface area contributed by atoms with Crippen molar-refractivity contribution in [1.29, 1.82) is 0 Å². The summed E-state index contributed by atoms with van der Waals surface area (Å²) in [6.07, 6.45) is 2.66. The van der Waals surface area contributed by atoms with Gasteiger partial charge >= 0.3 is 5.97 Å². The highest BCUT2D eigenvalue weighted by molar-refractivity contribution is 7.90. The lowest BCUT2D eigenvalue weighted by Gasteiger charge is -2.13. The number of pyridine rings is 1. The van der Waals surface area contributed by atoms with Gasteiger partial charge < -0.3 is 10.4 Å². The molecule has 7 nitrogen and oxygen atoms in total. The third-order valence-corrected chi connectivity index (χ3v) is 3.33. The van der Waals surface area contributed by atoms with Crippen molar-refractivity contribution in [2.24, 2.45) is 0 Å². The molecule has 0 aliphatic heterocycles. The zero-order valence-corrected chi connectivity index (χ0v) is 11.4. The lowest BCUT2D eigenvalue weighted by molar-refractivity contribution is -0.139. The molecule has 0 aliphatic rings. The second kappa shape index (κ2) is 6.42. The minimum atomic E-state index is -3.35. The highest BCUT2D eigenvalue weighted by Gasteiger charge is 2.22. The van der Waals surface area contributed by atoms with Crippen LogP contribution in [0.15, 0.2) is 18.5 Å². The minimum Gasteiger partial charge on any atom is -0.480 e. The molecule has 0 bridgehead atoms. The molecule has 0 aliphatic carbocycles. The summed E-state index contributed by atoms with van der Waals surface area (Å²) in [4.78, 5) is 26.1. The first-order chi connectivity index (χ1) is 9.19.